The first kappa shape index (κ1) is 15.7. The lowest BCUT2D eigenvalue weighted by Crippen LogP contribution is -2.31. The molecule has 2 heterocycles. The first-order valence-corrected chi connectivity index (χ1v) is 9.19. The summed E-state index contributed by atoms with van der Waals surface area (Å²) in [4.78, 5) is 16.6. The van der Waals surface area contributed by atoms with Gasteiger partial charge in [0.15, 0.2) is 0 Å². The number of nitrogens with zero attached hydrogens (tertiary/aromatic N) is 2. The number of carbonyl (C=O) groups is 1. The zero-order chi connectivity index (χ0) is 15.2. The molecule has 2 aliphatic rings. The van der Waals surface area contributed by atoms with E-state index in [1.807, 2.05) is 12.1 Å². The van der Waals surface area contributed by atoms with Crippen molar-refractivity contribution in [1.82, 2.24) is 4.90 Å². The summed E-state index contributed by atoms with van der Waals surface area (Å²) in [7, 11) is 0. The summed E-state index contributed by atoms with van der Waals surface area (Å²) in [5.41, 5.74) is 0.986. The van der Waals surface area contributed by atoms with Crippen molar-refractivity contribution in [3.63, 3.8) is 0 Å². The quantitative estimate of drug-likeness (QED) is 0.596. The van der Waals surface area contributed by atoms with Crippen LogP contribution in [0.4, 0.5) is 5.69 Å². The molecule has 120 valence electrons. The molecule has 0 radical (unpaired) electrons. The molecule has 0 N–H and O–H groups in total. The van der Waals surface area contributed by atoms with E-state index in [1.54, 1.807) is 16.7 Å². The zero-order valence-electron chi connectivity index (χ0n) is 13.0. The maximum Gasteiger partial charge on any atom is 0.214 e. The van der Waals surface area contributed by atoms with Crippen LogP contribution in [0.25, 0.3) is 0 Å². The van der Waals surface area contributed by atoms with Crippen molar-refractivity contribution in [2.24, 2.45) is 0 Å². The van der Waals surface area contributed by atoms with Crippen LogP contribution in [-0.4, -0.2) is 49.8 Å². The standard InChI is InChI=1S/C17H24N2O2S/c20-14-19-10-12-22-17-6-5-15(13-16(17)19)21-11-4-9-18-7-2-1-3-8-18/h5-6,13-14H,1-4,7-12H2. The van der Waals surface area contributed by atoms with Gasteiger partial charge in [-0.25, -0.2) is 0 Å². The third-order valence-corrected chi connectivity index (χ3v) is 5.34. The number of carbonyl (C=O) groups excluding carboxylic acids is 1. The number of amides is 1. The topological polar surface area (TPSA) is 32.8 Å². The van der Waals surface area contributed by atoms with E-state index in [0.717, 1.165) is 49.7 Å². The van der Waals surface area contributed by atoms with Gasteiger partial charge in [0.1, 0.15) is 5.75 Å². The maximum atomic E-state index is 11.1. The molecule has 3 rings (SSSR count). The fraction of sp³-hybridized carbons (Fsp3) is 0.588. The Kier molecular flexibility index (Phi) is 5.62. The summed E-state index contributed by atoms with van der Waals surface area (Å²) in [6.07, 6.45) is 6.03. The second-order valence-electron chi connectivity index (χ2n) is 5.88. The Bertz CT molecular complexity index is 503. The number of piperidine rings is 1. The van der Waals surface area contributed by atoms with Crippen LogP contribution in [0.1, 0.15) is 25.7 Å². The minimum atomic E-state index is 0.740. The van der Waals surface area contributed by atoms with Gasteiger partial charge in [-0.1, -0.05) is 6.42 Å². The van der Waals surface area contributed by atoms with Gasteiger partial charge in [0.2, 0.25) is 6.41 Å². The smallest absolute Gasteiger partial charge is 0.214 e. The molecule has 2 aliphatic heterocycles. The van der Waals surface area contributed by atoms with Crippen LogP contribution in [0, 0.1) is 0 Å². The Morgan fingerprint density at radius 2 is 2.05 bits per heavy atom. The molecular formula is C17H24N2O2S. The maximum absolute atomic E-state index is 11.1. The second-order valence-corrected chi connectivity index (χ2v) is 7.02. The predicted octanol–water partition coefficient (Wildman–Crippen LogP) is 3.01. The van der Waals surface area contributed by atoms with Crippen LogP contribution in [0.15, 0.2) is 23.1 Å². The van der Waals surface area contributed by atoms with Crippen molar-refractivity contribution in [1.29, 1.82) is 0 Å². The summed E-state index contributed by atoms with van der Waals surface area (Å²) in [6, 6.07) is 6.08. The summed E-state index contributed by atoms with van der Waals surface area (Å²) in [5, 5.41) is 0. The van der Waals surface area contributed by atoms with Gasteiger partial charge in [-0.05, 0) is 44.5 Å². The molecule has 1 fully saturated rings. The van der Waals surface area contributed by atoms with Crippen molar-refractivity contribution in [3.05, 3.63) is 18.2 Å². The average molecular weight is 320 g/mol. The molecular weight excluding hydrogens is 296 g/mol. The fourth-order valence-electron chi connectivity index (χ4n) is 3.08. The van der Waals surface area contributed by atoms with Gasteiger partial charge < -0.3 is 14.5 Å². The minimum Gasteiger partial charge on any atom is -0.493 e. The van der Waals surface area contributed by atoms with Crippen LogP contribution < -0.4 is 9.64 Å². The predicted molar refractivity (Wildman–Crippen MR) is 91.0 cm³/mol. The largest absolute Gasteiger partial charge is 0.493 e. The first-order chi connectivity index (χ1) is 10.9. The van der Waals surface area contributed by atoms with Crippen molar-refractivity contribution >= 4 is 23.9 Å². The van der Waals surface area contributed by atoms with Crippen LogP contribution in [0.5, 0.6) is 5.75 Å². The van der Waals surface area contributed by atoms with Gasteiger partial charge in [0.25, 0.3) is 0 Å². The molecule has 0 aromatic heterocycles. The van der Waals surface area contributed by atoms with E-state index in [2.05, 4.69) is 11.0 Å². The number of anilines is 1. The highest BCUT2D eigenvalue weighted by Crippen LogP contribution is 2.36. The lowest BCUT2D eigenvalue weighted by atomic mass is 10.1. The Morgan fingerprint density at radius 1 is 1.18 bits per heavy atom. The Labute approximate surface area is 136 Å². The van der Waals surface area contributed by atoms with E-state index in [-0.39, 0.29) is 0 Å². The Morgan fingerprint density at radius 3 is 2.86 bits per heavy atom. The number of hydrogen-bond donors (Lipinski definition) is 0. The van der Waals surface area contributed by atoms with Crippen LogP contribution >= 0.6 is 11.8 Å². The molecule has 0 aliphatic carbocycles. The van der Waals surface area contributed by atoms with E-state index >= 15 is 0 Å². The number of thioether (sulfide) groups is 1. The van der Waals surface area contributed by atoms with Gasteiger partial charge in [-0.15, -0.1) is 11.8 Å². The monoisotopic (exact) mass is 320 g/mol. The van der Waals surface area contributed by atoms with Gasteiger partial charge in [0, 0.05) is 29.8 Å². The zero-order valence-corrected chi connectivity index (χ0v) is 13.8. The van der Waals surface area contributed by atoms with Crippen molar-refractivity contribution < 1.29 is 9.53 Å². The highest BCUT2D eigenvalue weighted by molar-refractivity contribution is 7.99. The van der Waals surface area contributed by atoms with Crippen LogP contribution in [0.3, 0.4) is 0 Å². The molecule has 0 bridgehead atoms. The third kappa shape index (κ3) is 3.96. The van der Waals surface area contributed by atoms with E-state index in [1.165, 1.54) is 37.2 Å². The number of fused-ring (bicyclic) bond motifs is 1. The highest BCUT2D eigenvalue weighted by Gasteiger charge is 2.17. The number of ether oxygens (including phenoxy) is 1. The summed E-state index contributed by atoms with van der Waals surface area (Å²) in [5.74, 6) is 1.83. The molecule has 1 aromatic carbocycles. The van der Waals surface area contributed by atoms with Crippen molar-refractivity contribution in [2.45, 2.75) is 30.6 Å². The van der Waals surface area contributed by atoms with Gasteiger partial charge in [-0.2, -0.15) is 0 Å². The Hall–Kier alpha value is -1.20. The Balaban J connectivity index is 1.49. The molecule has 22 heavy (non-hydrogen) atoms. The lowest BCUT2D eigenvalue weighted by Gasteiger charge is -2.27. The molecule has 5 heteroatoms. The minimum absolute atomic E-state index is 0.740. The lowest BCUT2D eigenvalue weighted by molar-refractivity contribution is -0.107. The summed E-state index contributed by atoms with van der Waals surface area (Å²) < 4.78 is 5.88. The van der Waals surface area contributed by atoms with Crippen molar-refractivity contribution in [3.8, 4) is 5.75 Å². The number of hydrogen-bond acceptors (Lipinski definition) is 4. The van der Waals surface area contributed by atoms with Crippen LogP contribution in [0.2, 0.25) is 0 Å². The molecule has 0 saturated carbocycles. The number of likely N-dealkylation sites (tertiary alicyclic amines) is 1. The molecule has 0 spiro atoms. The van der Waals surface area contributed by atoms with Crippen molar-refractivity contribution in [2.75, 3.05) is 43.4 Å². The molecule has 0 atom stereocenters. The molecule has 1 saturated heterocycles. The van der Waals surface area contributed by atoms with Crippen LogP contribution in [-0.2, 0) is 4.79 Å². The first-order valence-electron chi connectivity index (χ1n) is 8.21. The molecule has 0 unspecified atom stereocenters. The number of rotatable bonds is 6. The van der Waals surface area contributed by atoms with Gasteiger partial charge in [0.05, 0.1) is 12.3 Å². The summed E-state index contributed by atoms with van der Waals surface area (Å²) in [6.45, 7) is 5.12. The second kappa shape index (κ2) is 7.88. The van der Waals surface area contributed by atoms with E-state index < -0.39 is 0 Å². The molecule has 1 amide bonds. The summed E-state index contributed by atoms with van der Waals surface area (Å²) >= 11 is 1.80. The average Bonchev–Trinajstić information content (AvgIpc) is 2.59. The van der Waals surface area contributed by atoms with E-state index in [4.69, 9.17) is 4.74 Å². The highest BCUT2D eigenvalue weighted by atomic mass is 32.2. The SMILES string of the molecule is O=CN1CCSc2ccc(OCCCN3CCCCC3)cc21. The van der Waals surface area contributed by atoms with Gasteiger partial charge >= 0.3 is 0 Å². The van der Waals surface area contributed by atoms with Gasteiger partial charge in [-0.3, -0.25) is 4.79 Å². The number of benzene rings is 1. The normalized spacial score (nSPS) is 18.8. The van der Waals surface area contributed by atoms with E-state index in [9.17, 15) is 4.79 Å². The molecule has 4 nitrogen and oxygen atoms in total. The molecule has 1 aromatic rings. The fourth-order valence-corrected chi connectivity index (χ4v) is 4.07. The third-order valence-electron chi connectivity index (χ3n) is 4.29. The van der Waals surface area contributed by atoms with E-state index in [0.29, 0.717) is 0 Å².